The van der Waals surface area contributed by atoms with Gasteiger partial charge in [-0.25, -0.2) is 4.98 Å². The Morgan fingerprint density at radius 2 is 2.04 bits per heavy atom. The second-order valence-electron chi connectivity index (χ2n) is 6.82. The number of aliphatic hydroxyl groups excluding tert-OH is 2. The summed E-state index contributed by atoms with van der Waals surface area (Å²) < 4.78 is 1.70. The zero-order valence-corrected chi connectivity index (χ0v) is 15.1. The van der Waals surface area contributed by atoms with Gasteiger partial charge in [0.1, 0.15) is 11.9 Å². The van der Waals surface area contributed by atoms with E-state index in [-0.39, 0.29) is 12.0 Å². The Kier molecular flexibility index (Phi) is 4.34. The first-order chi connectivity index (χ1) is 12.4. The molecule has 1 aliphatic carbocycles. The smallest absolute Gasteiger partial charge is 0.157 e. The van der Waals surface area contributed by atoms with E-state index in [0.717, 1.165) is 16.8 Å². The van der Waals surface area contributed by atoms with Crippen LogP contribution in [0.5, 0.6) is 0 Å². The number of aliphatic hydroxyl groups is 2. The van der Waals surface area contributed by atoms with Crippen LogP contribution in [0.15, 0.2) is 36.5 Å². The van der Waals surface area contributed by atoms with Crippen molar-refractivity contribution in [2.75, 3.05) is 5.32 Å². The molecule has 1 aromatic carbocycles. The van der Waals surface area contributed by atoms with Crippen molar-refractivity contribution in [1.29, 1.82) is 0 Å². The van der Waals surface area contributed by atoms with Crippen LogP contribution in [0.4, 0.5) is 5.82 Å². The molecule has 0 aliphatic heterocycles. The zero-order valence-electron chi connectivity index (χ0n) is 14.3. The Balaban J connectivity index is 1.71. The number of halogens is 1. The molecule has 1 radical (unpaired) electrons. The molecule has 4 atom stereocenters. The van der Waals surface area contributed by atoms with E-state index >= 15 is 0 Å². The predicted octanol–water partition coefficient (Wildman–Crippen LogP) is 2.71. The maximum Gasteiger partial charge on any atom is 0.157 e. The molecule has 0 bridgehead atoms. The average Bonchev–Trinajstić information content (AvgIpc) is 3.15. The van der Waals surface area contributed by atoms with Gasteiger partial charge in [0, 0.05) is 22.8 Å². The molecule has 1 saturated carbocycles. The molecular formula is C19H20ClN4O2. The van der Waals surface area contributed by atoms with E-state index in [1.807, 2.05) is 31.2 Å². The van der Waals surface area contributed by atoms with Crippen molar-refractivity contribution < 1.29 is 10.2 Å². The van der Waals surface area contributed by atoms with Gasteiger partial charge in [-0.15, -0.1) is 0 Å². The summed E-state index contributed by atoms with van der Waals surface area (Å²) in [5.74, 6) is 0.494. The number of benzene rings is 1. The molecule has 1 fully saturated rings. The molecule has 2 heterocycles. The number of aryl methyl sites for hydroxylation is 1. The van der Waals surface area contributed by atoms with Crippen LogP contribution in [-0.4, -0.2) is 43.1 Å². The van der Waals surface area contributed by atoms with Crippen molar-refractivity contribution in [3.8, 4) is 11.3 Å². The molecule has 0 saturated heterocycles. The molecule has 0 spiro atoms. The number of hydrogen-bond acceptors (Lipinski definition) is 5. The van der Waals surface area contributed by atoms with E-state index < -0.39 is 12.2 Å². The van der Waals surface area contributed by atoms with Gasteiger partial charge in [-0.2, -0.15) is 9.61 Å². The van der Waals surface area contributed by atoms with Crippen molar-refractivity contribution in [2.45, 2.75) is 31.6 Å². The summed E-state index contributed by atoms with van der Waals surface area (Å²) in [5.41, 5.74) is 3.47. The Morgan fingerprint density at radius 1 is 1.23 bits per heavy atom. The van der Waals surface area contributed by atoms with Crippen LogP contribution >= 0.6 is 11.6 Å². The summed E-state index contributed by atoms with van der Waals surface area (Å²) in [6.45, 7) is 5.89. The summed E-state index contributed by atoms with van der Waals surface area (Å²) in [7, 11) is 0. The van der Waals surface area contributed by atoms with E-state index in [2.05, 4.69) is 22.3 Å². The lowest BCUT2D eigenvalue weighted by Crippen LogP contribution is -2.35. The minimum atomic E-state index is -0.870. The summed E-state index contributed by atoms with van der Waals surface area (Å²) in [5, 5.41) is 28.7. The second kappa shape index (κ2) is 6.54. The highest BCUT2D eigenvalue weighted by atomic mass is 35.5. The van der Waals surface area contributed by atoms with Gasteiger partial charge in [-0.3, -0.25) is 0 Å². The lowest BCUT2D eigenvalue weighted by molar-refractivity contribution is 0.0256. The fourth-order valence-electron chi connectivity index (χ4n) is 3.46. The van der Waals surface area contributed by atoms with Crippen LogP contribution in [0.3, 0.4) is 0 Å². The molecule has 26 heavy (non-hydrogen) atoms. The highest BCUT2D eigenvalue weighted by Crippen LogP contribution is 2.30. The molecule has 0 amide bonds. The Hall–Kier alpha value is -2.15. The molecule has 4 rings (SSSR count). The number of nitrogens with one attached hydrogen (secondary N) is 1. The van der Waals surface area contributed by atoms with Crippen molar-refractivity contribution >= 4 is 23.1 Å². The molecule has 1 aliphatic rings. The Morgan fingerprint density at radius 3 is 2.77 bits per heavy atom. The molecule has 0 unspecified atom stereocenters. The maximum atomic E-state index is 10.2. The van der Waals surface area contributed by atoms with E-state index in [9.17, 15) is 10.2 Å². The van der Waals surface area contributed by atoms with E-state index in [1.54, 1.807) is 16.8 Å². The van der Waals surface area contributed by atoms with Crippen LogP contribution in [-0.2, 0) is 0 Å². The monoisotopic (exact) mass is 371 g/mol. The molecule has 3 aromatic rings. The highest BCUT2D eigenvalue weighted by Gasteiger charge is 2.39. The average molecular weight is 372 g/mol. The Labute approximate surface area is 156 Å². The second-order valence-corrected chi connectivity index (χ2v) is 7.25. The van der Waals surface area contributed by atoms with Gasteiger partial charge in [-0.05, 0) is 49.9 Å². The van der Waals surface area contributed by atoms with E-state index in [0.29, 0.717) is 22.9 Å². The first kappa shape index (κ1) is 17.3. The van der Waals surface area contributed by atoms with Crippen LogP contribution in [0, 0.1) is 19.8 Å². The number of nitrogens with zero attached hydrogens (tertiary/aromatic N) is 3. The van der Waals surface area contributed by atoms with Gasteiger partial charge >= 0.3 is 0 Å². The minimum absolute atomic E-state index is 0.206. The van der Waals surface area contributed by atoms with E-state index in [4.69, 9.17) is 11.6 Å². The molecular weight excluding hydrogens is 352 g/mol. The normalized spacial score (nSPS) is 25.7. The molecule has 7 heteroatoms. The molecule has 2 aromatic heterocycles. The van der Waals surface area contributed by atoms with Crippen molar-refractivity contribution in [1.82, 2.24) is 14.6 Å². The first-order valence-electron chi connectivity index (χ1n) is 8.51. The standard InChI is InChI=1S/C19H20ClN4O2/c1-10-3-4-12(20)8-13(10)14-9-17-21-6-5-16(24(17)23-14)22-15-7-11(2)18(25)19(15)26/h3-6,8-9,11,15,18-19,22,25-26H,2,7H2,1H3/t11-,15-,18-,19+/m1/s1. The summed E-state index contributed by atoms with van der Waals surface area (Å²) in [4.78, 5) is 4.37. The largest absolute Gasteiger partial charge is 0.390 e. The van der Waals surface area contributed by atoms with Crippen molar-refractivity contribution in [3.05, 3.63) is 54.0 Å². The number of fused-ring (bicyclic) bond motifs is 1. The van der Waals surface area contributed by atoms with Gasteiger partial charge < -0.3 is 15.5 Å². The van der Waals surface area contributed by atoms with Gasteiger partial charge in [0.15, 0.2) is 5.65 Å². The third-order valence-electron chi connectivity index (χ3n) is 4.97. The third-order valence-corrected chi connectivity index (χ3v) is 5.20. The number of aromatic nitrogens is 3. The number of hydrogen-bond donors (Lipinski definition) is 3. The van der Waals surface area contributed by atoms with Crippen LogP contribution in [0.1, 0.15) is 12.0 Å². The maximum absolute atomic E-state index is 10.2. The van der Waals surface area contributed by atoms with Gasteiger partial charge in [0.05, 0.1) is 17.8 Å². The van der Waals surface area contributed by atoms with Gasteiger partial charge in [0.2, 0.25) is 0 Å². The van der Waals surface area contributed by atoms with Crippen LogP contribution < -0.4 is 5.32 Å². The quantitative estimate of drug-likeness (QED) is 0.659. The third kappa shape index (κ3) is 2.94. The summed E-state index contributed by atoms with van der Waals surface area (Å²) in [6.07, 6.45) is 0.569. The molecule has 135 valence electrons. The molecule has 6 nitrogen and oxygen atoms in total. The zero-order chi connectivity index (χ0) is 18.4. The summed E-state index contributed by atoms with van der Waals surface area (Å²) in [6, 6.07) is 9.09. The predicted molar refractivity (Wildman–Crippen MR) is 101 cm³/mol. The Bertz CT molecular complexity index is 958. The topological polar surface area (TPSA) is 82.7 Å². The first-order valence-corrected chi connectivity index (χ1v) is 8.89. The summed E-state index contributed by atoms with van der Waals surface area (Å²) >= 11 is 6.13. The fraction of sp³-hybridized carbons (Fsp3) is 0.316. The minimum Gasteiger partial charge on any atom is -0.390 e. The van der Waals surface area contributed by atoms with Crippen LogP contribution in [0.25, 0.3) is 16.9 Å². The highest BCUT2D eigenvalue weighted by molar-refractivity contribution is 6.30. The fourth-order valence-corrected chi connectivity index (χ4v) is 3.63. The molecule has 3 N–H and O–H groups in total. The lowest BCUT2D eigenvalue weighted by Gasteiger charge is -2.19. The van der Waals surface area contributed by atoms with Crippen molar-refractivity contribution in [3.63, 3.8) is 0 Å². The van der Waals surface area contributed by atoms with Crippen LogP contribution in [0.2, 0.25) is 5.02 Å². The number of rotatable bonds is 3. The van der Waals surface area contributed by atoms with Gasteiger partial charge in [-0.1, -0.05) is 17.7 Å². The SMILES string of the molecule is [CH2][C@@H]1C[C@@H](Nc2ccnc3cc(-c4cc(Cl)ccc4C)nn23)[C@H](O)[C@@H]1O. The van der Waals surface area contributed by atoms with Crippen molar-refractivity contribution in [2.24, 2.45) is 5.92 Å². The van der Waals surface area contributed by atoms with Gasteiger partial charge in [0.25, 0.3) is 0 Å². The van der Waals surface area contributed by atoms with E-state index in [1.165, 1.54) is 0 Å². The number of anilines is 1. The lowest BCUT2D eigenvalue weighted by atomic mass is 10.1.